The van der Waals surface area contributed by atoms with E-state index < -0.39 is 11.8 Å². The number of hydrogen-bond donors (Lipinski definition) is 2. The predicted octanol–water partition coefficient (Wildman–Crippen LogP) is 5.20. The van der Waals surface area contributed by atoms with Crippen molar-refractivity contribution in [1.82, 2.24) is 5.48 Å². The number of amides is 1. The number of benzene rings is 3. The Bertz CT molecular complexity index is 927. The van der Waals surface area contributed by atoms with E-state index in [0.29, 0.717) is 6.61 Å². The lowest BCUT2D eigenvalue weighted by atomic mass is 9.87. The molecule has 0 aromatic heterocycles. The molecule has 0 saturated carbocycles. The largest absolute Gasteiger partial charge is 0.489 e. The molecule has 3 rings (SSSR count). The van der Waals surface area contributed by atoms with Crippen molar-refractivity contribution in [3.63, 3.8) is 0 Å². The Balaban J connectivity index is 1.70. The van der Waals surface area contributed by atoms with Gasteiger partial charge >= 0.3 is 0 Å². The zero-order valence-electron chi connectivity index (χ0n) is 17.1. The summed E-state index contributed by atoms with van der Waals surface area (Å²) < 4.78 is 5.89. The van der Waals surface area contributed by atoms with Gasteiger partial charge in [-0.2, -0.15) is 0 Å². The van der Waals surface area contributed by atoms with Crippen LogP contribution in [0.3, 0.4) is 0 Å². The Labute approximate surface area is 172 Å². The molecule has 29 heavy (non-hydrogen) atoms. The van der Waals surface area contributed by atoms with Crippen molar-refractivity contribution in [2.24, 2.45) is 0 Å². The highest BCUT2D eigenvalue weighted by molar-refractivity contribution is 5.86. The van der Waals surface area contributed by atoms with Crippen LogP contribution in [0, 0.1) is 0 Å². The summed E-state index contributed by atoms with van der Waals surface area (Å²) in [6, 6.07) is 25.2. The number of rotatable bonds is 6. The van der Waals surface area contributed by atoms with Crippen LogP contribution in [0.5, 0.6) is 5.75 Å². The smallest absolute Gasteiger partial charge is 0.255 e. The van der Waals surface area contributed by atoms with Gasteiger partial charge in [0.1, 0.15) is 12.4 Å². The first-order chi connectivity index (χ1) is 13.9. The molecule has 4 heteroatoms. The van der Waals surface area contributed by atoms with Gasteiger partial charge in [-0.1, -0.05) is 87.5 Å². The molecule has 4 nitrogen and oxygen atoms in total. The molecular formula is C25H27NO3. The average molecular weight is 389 g/mol. The van der Waals surface area contributed by atoms with E-state index in [1.807, 2.05) is 54.6 Å². The normalized spacial score (nSPS) is 12.3. The Hall–Kier alpha value is -3.11. The van der Waals surface area contributed by atoms with Gasteiger partial charge in [0, 0.05) is 0 Å². The second-order valence-corrected chi connectivity index (χ2v) is 8.12. The second-order valence-electron chi connectivity index (χ2n) is 8.12. The predicted molar refractivity (Wildman–Crippen MR) is 114 cm³/mol. The number of hydroxylamine groups is 1. The Morgan fingerprint density at radius 1 is 0.897 bits per heavy atom. The molecule has 0 aliphatic carbocycles. The van der Waals surface area contributed by atoms with E-state index in [-0.39, 0.29) is 5.41 Å². The molecule has 0 saturated heterocycles. The molecule has 0 aliphatic heterocycles. The molecule has 1 unspecified atom stereocenters. The summed E-state index contributed by atoms with van der Waals surface area (Å²) in [5, 5.41) is 9.14. The molecule has 1 amide bonds. The molecule has 0 bridgehead atoms. The van der Waals surface area contributed by atoms with E-state index in [0.717, 1.165) is 22.4 Å². The maximum Gasteiger partial charge on any atom is 0.255 e. The van der Waals surface area contributed by atoms with E-state index >= 15 is 0 Å². The molecular weight excluding hydrogens is 362 g/mol. The van der Waals surface area contributed by atoms with Crippen LogP contribution < -0.4 is 10.2 Å². The Kier molecular flexibility index (Phi) is 6.35. The van der Waals surface area contributed by atoms with Gasteiger partial charge in [0.25, 0.3) is 5.91 Å². The first kappa shape index (κ1) is 20.6. The molecule has 150 valence electrons. The van der Waals surface area contributed by atoms with Crippen LogP contribution in [0.4, 0.5) is 0 Å². The van der Waals surface area contributed by atoms with Crippen LogP contribution >= 0.6 is 0 Å². The van der Waals surface area contributed by atoms with Gasteiger partial charge in [0.2, 0.25) is 0 Å². The molecule has 0 heterocycles. The fourth-order valence-corrected chi connectivity index (χ4v) is 3.23. The SMILES string of the molecule is CC(C)(C)c1ccc(COc2ccc(C(C(=O)NO)c3ccccc3)cc2)cc1. The van der Waals surface area contributed by atoms with Gasteiger partial charge in [-0.25, -0.2) is 5.48 Å². The van der Waals surface area contributed by atoms with Crippen LogP contribution in [0.1, 0.15) is 48.9 Å². The summed E-state index contributed by atoms with van der Waals surface area (Å²) in [6.45, 7) is 7.06. The van der Waals surface area contributed by atoms with Gasteiger partial charge in [-0.3, -0.25) is 10.0 Å². The zero-order chi connectivity index (χ0) is 20.9. The van der Waals surface area contributed by atoms with Crippen molar-refractivity contribution in [2.45, 2.75) is 38.7 Å². The lowest BCUT2D eigenvalue weighted by Gasteiger charge is -2.19. The molecule has 3 aromatic rings. The summed E-state index contributed by atoms with van der Waals surface area (Å²) in [7, 11) is 0. The lowest BCUT2D eigenvalue weighted by Crippen LogP contribution is -2.27. The number of carbonyl (C=O) groups excluding carboxylic acids is 1. The quantitative estimate of drug-likeness (QED) is 0.450. The third-order valence-corrected chi connectivity index (χ3v) is 4.94. The van der Waals surface area contributed by atoms with Crippen LogP contribution in [0.15, 0.2) is 78.9 Å². The molecule has 1 atom stereocenters. The van der Waals surface area contributed by atoms with Crippen LogP contribution in [-0.4, -0.2) is 11.1 Å². The fraction of sp³-hybridized carbons (Fsp3) is 0.240. The Morgan fingerprint density at radius 2 is 1.48 bits per heavy atom. The maximum atomic E-state index is 12.2. The average Bonchev–Trinajstić information content (AvgIpc) is 2.73. The van der Waals surface area contributed by atoms with Crippen LogP contribution in [-0.2, 0) is 16.8 Å². The lowest BCUT2D eigenvalue weighted by molar-refractivity contribution is -0.129. The van der Waals surface area contributed by atoms with Gasteiger partial charge in [0.05, 0.1) is 5.92 Å². The fourth-order valence-electron chi connectivity index (χ4n) is 3.23. The summed E-state index contributed by atoms with van der Waals surface area (Å²) in [4.78, 5) is 12.2. The summed E-state index contributed by atoms with van der Waals surface area (Å²) in [6.07, 6.45) is 0. The zero-order valence-corrected chi connectivity index (χ0v) is 17.1. The summed E-state index contributed by atoms with van der Waals surface area (Å²) in [5.74, 6) is -0.325. The van der Waals surface area contributed by atoms with Gasteiger partial charge in [-0.05, 0) is 39.8 Å². The number of carbonyl (C=O) groups is 1. The van der Waals surface area contributed by atoms with Crippen molar-refractivity contribution in [3.05, 3.63) is 101 Å². The minimum atomic E-state index is -0.583. The molecule has 0 radical (unpaired) electrons. The highest BCUT2D eigenvalue weighted by Gasteiger charge is 2.22. The molecule has 0 fully saturated rings. The van der Waals surface area contributed by atoms with E-state index in [9.17, 15) is 4.79 Å². The highest BCUT2D eigenvalue weighted by Crippen LogP contribution is 2.27. The topological polar surface area (TPSA) is 58.6 Å². The van der Waals surface area contributed by atoms with Crippen LogP contribution in [0.25, 0.3) is 0 Å². The third-order valence-electron chi connectivity index (χ3n) is 4.94. The highest BCUT2D eigenvalue weighted by atomic mass is 16.5. The van der Waals surface area contributed by atoms with Crippen LogP contribution in [0.2, 0.25) is 0 Å². The first-order valence-electron chi connectivity index (χ1n) is 9.69. The molecule has 2 N–H and O–H groups in total. The Morgan fingerprint density at radius 3 is 2.03 bits per heavy atom. The number of ether oxygens (including phenoxy) is 1. The van der Waals surface area contributed by atoms with Crippen molar-refractivity contribution in [3.8, 4) is 5.75 Å². The molecule has 3 aromatic carbocycles. The molecule has 0 spiro atoms. The van der Waals surface area contributed by atoms with E-state index in [1.54, 1.807) is 5.48 Å². The van der Waals surface area contributed by atoms with E-state index in [1.165, 1.54) is 5.56 Å². The number of nitrogens with one attached hydrogen (secondary N) is 1. The standard InChI is InChI=1S/C25H27NO3/c1-25(2,3)21-13-9-18(10-14-21)17-29-22-15-11-20(12-16-22)23(24(27)26-28)19-7-5-4-6-8-19/h4-16,23,28H,17H2,1-3H3,(H,26,27). The second kappa shape index (κ2) is 8.93. The van der Waals surface area contributed by atoms with Gasteiger partial charge in [0.15, 0.2) is 0 Å². The minimum absolute atomic E-state index is 0.130. The van der Waals surface area contributed by atoms with Crippen molar-refractivity contribution in [1.29, 1.82) is 0 Å². The minimum Gasteiger partial charge on any atom is -0.489 e. The van der Waals surface area contributed by atoms with E-state index in [4.69, 9.17) is 9.94 Å². The molecule has 0 aliphatic rings. The third kappa shape index (κ3) is 5.24. The summed E-state index contributed by atoms with van der Waals surface area (Å²) in [5.41, 5.74) is 5.88. The monoisotopic (exact) mass is 389 g/mol. The van der Waals surface area contributed by atoms with Crippen molar-refractivity contribution >= 4 is 5.91 Å². The van der Waals surface area contributed by atoms with E-state index in [2.05, 4.69) is 45.0 Å². The first-order valence-corrected chi connectivity index (χ1v) is 9.69. The van der Waals surface area contributed by atoms with Crippen molar-refractivity contribution in [2.75, 3.05) is 0 Å². The van der Waals surface area contributed by atoms with Gasteiger partial charge < -0.3 is 4.74 Å². The van der Waals surface area contributed by atoms with Crippen molar-refractivity contribution < 1.29 is 14.7 Å². The maximum absolute atomic E-state index is 12.2. The van der Waals surface area contributed by atoms with Gasteiger partial charge in [-0.15, -0.1) is 0 Å². The number of hydrogen-bond acceptors (Lipinski definition) is 3. The summed E-state index contributed by atoms with van der Waals surface area (Å²) >= 11 is 0.